The Morgan fingerprint density at radius 3 is 2.33 bits per heavy atom. The molecular weight excluding hydrogens is 427 g/mol. The van der Waals surface area contributed by atoms with Crippen LogP contribution >= 0.6 is 23.2 Å². The van der Waals surface area contributed by atoms with Crippen LogP contribution in [0.25, 0.3) is 0 Å². The van der Waals surface area contributed by atoms with Crippen molar-refractivity contribution in [3.63, 3.8) is 0 Å². The largest absolute Gasteiger partial charge is 0.454 e. The van der Waals surface area contributed by atoms with Crippen molar-refractivity contribution in [2.24, 2.45) is 0 Å². The maximum atomic E-state index is 13.0. The summed E-state index contributed by atoms with van der Waals surface area (Å²) < 4.78 is 5.79. The molecule has 0 bridgehead atoms. The van der Waals surface area contributed by atoms with Crippen LogP contribution in [0.5, 0.6) is 11.5 Å². The molecule has 1 aliphatic heterocycles. The van der Waals surface area contributed by atoms with E-state index in [9.17, 15) is 14.9 Å². The highest BCUT2D eigenvalue weighted by Gasteiger charge is 2.26. The number of halogens is 2. The van der Waals surface area contributed by atoms with Gasteiger partial charge in [-0.15, -0.1) is 0 Å². The summed E-state index contributed by atoms with van der Waals surface area (Å²) in [6, 6.07) is 15.3. The van der Waals surface area contributed by atoms with Gasteiger partial charge in [-0.3, -0.25) is 14.9 Å². The molecule has 0 radical (unpaired) electrons. The molecule has 0 spiro atoms. The van der Waals surface area contributed by atoms with Gasteiger partial charge in [-0.05, 0) is 49.2 Å². The zero-order chi connectivity index (χ0) is 21.4. The van der Waals surface area contributed by atoms with Crippen molar-refractivity contribution >= 4 is 40.5 Å². The van der Waals surface area contributed by atoms with E-state index in [4.69, 9.17) is 27.9 Å². The molecule has 3 aromatic carbocycles. The lowest BCUT2D eigenvalue weighted by Gasteiger charge is -2.29. The number of rotatable bonds is 4. The minimum absolute atomic E-state index is 0.0357. The first-order valence-electron chi connectivity index (χ1n) is 9.16. The number of nitro groups is 1. The highest BCUT2D eigenvalue weighted by molar-refractivity contribution is 6.37. The fourth-order valence-electron chi connectivity index (χ4n) is 3.37. The molecule has 1 aliphatic rings. The number of anilines is 1. The third kappa shape index (κ3) is 3.84. The van der Waals surface area contributed by atoms with Gasteiger partial charge >= 0.3 is 0 Å². The first kappa shape index (κ1) is 20.2. The topological polar surface area (TPSA) is 72.7 Å². The number of ether oxygens (including phenoxy) is 1. The summed E-state index contributed by atoms with van der Waals surface area (Å²) in [5.41, 5.74) is 3.24. The lowest BCUT2D eigenvalue weighted by atomic mass is 9.98. The zero-order valence-electron chi connectivity index (χ0n) is 15.9. The van der Waals surface area contributed by atoms with Crippen molar-refractivity contribution in [2.75, 3.05) is 11.4 Å². The van der Waals surface area contributed by atoms with E-state index in [1.54, 1.807) is 23.1 Å². The highest BCUT2D eigenvalue weighted by atomic mass is 35.5. The molecule has 4 rings (SSSR count). The molecule has 30 heavy (non-hydrogen) atoms. The molecular formula is C22H16Cl2N2O4. The minimum Gasteiger partial charge on any atom is -0.454 e. The summed E-state index contributed by atoms with van der Waals surface area (Å²) in [4.78, 5) is 25.1. The number of hydrogen-bond donors (Lipinski definition) is 0. The van der Waals surface area contributed by atoms with Crippen LogP contribution < -0.4 is 9.64 Å². The summed E-state index contributed by atoms with van der Waals surface area (Å²) in [5, 5.41) is 11.0. The van der Waals surface area contributed by atoms with E-state index in [0.29, 0.717) is 24.3 Å². The molecule has 0 aromatic heterocycles. The molecule has 1 amide bonds. The molecule has 6 nitrogen and oxygen atoms in total. The Kier molecular flexibility index (Phi) is 5.37. The van der Waals surface area contributed by atoms with Gasteiger partial charge in [0.15, 0.2) is 5.75 Å². The third-order valence-corrected chi connectivity index (χ3v) is 5.48. The fourth-order valence-corrected chi connectivity index (χ4v) is 3.92. The number of carbonyl (C=O) groups excluding carboxylic acids is 1. The standard InChI is InChI=1S/C22H16Cl2N2O4/c1-13-2-4-15(5-3-13)25-9-8-14-10-17(6-7-18(14)22(25)27)30-21-19(23)11-16(26(28)29)12-20(21)24/h2-7,10-12H,8-9H2,1H3. The summed E-state index contributed by atoms with van der Waals surface area (Å²) in [5.74, 6) is 0.508. The van der Waals surface area contributed by atoms with E-state index < -0.39 is 4.92 Å². The number of hydrogen-bond acceptors (Lipinski definition) is 4. The van der Waals surface area contributed by atoms with Crippen molar-refractivity contribution in [1.82, 2.24) is 0 Å². The van der Waals surface area contributed by atoms with Gasteiger partial charge in [-0.2, -0.15) is 0 Å². The number of aryl methyl sites for hydroxylation is 1. The lowest BCUT2D eigenvalue weighted by molar-refractivity contribution is -0.384. The van der Waals surface area contributed by atoms with Gasteiger partial charge in [-0.1, -0.05) is 40.9 Å². The number of carbonyl (C=O) groups is 1. The van der Waals surface area contributed by atoms with E-state index >= 15 is 0 Å². The number of nitrogens with zero attached hydrogens (tertiary/aromatic N) is 2. The Balaban J connectivity index is 1.60. The predicted molar refractivity (Wildman–Crippen MR) is 116 cm³/mol. The summed E-state index contributed by atoms with van der Waals surface area (Å²) in [6.45, 7) is 2.56. The third-order valence-electron chi connectivity index (χ3n) is 4.92. The monoisotopic (exact) mass is 442 g/mol. The Bertz CT molecular complexity index is 1140. The van der Waals surface area contributed by atoms with Gasteiger partial charge in [0.1, 0.15) is 5.75 Å². The van der Waals surface area contributed by atoms with Gasteiger partial charge in [-0.25, -0.2) is 0 Å². The van der Waals surface area contributed by atoms with Crippen LogP contribution in [0.2, 0.25) is 10.0 Å². The molecule has 0 N–H and O–H groups in total. The predicted octanol–water partition coefficient (Wildman–Crippen LogP) is 6.21. The zero-order valence-corrected chi connectivity index (χ0v) is 17.4. The molecule has 0 saturated carbocycles. The minimum atomic E-state index is -0.578. The van der Waals surface area contributed by atoms with E-state index in [0.717, 1.165) is 16.8 Å². The molecule has 152 valence electrons. The molecule has 0 aliphatic carbocycles. The second-order valence-corrected chi connectivity index (χ2v) is 7.77. The van der Waals surface area contributed by atoms with Gasteiger partial charge in [0, 0.05) is 29.9 Å². The highest BCUT2D eigenvalue weighted by Crippen LogP contribution is 2.40. The number of nitro benzene ring substituents is 1. The summed E-state index contributed by atoms with van der Waals surface area (Å²) in [7, 11) is 0. The second-order valence-electron chi connectivity index (χ2n) is 6.96. The summed E-state index contributed by atoms with van der Waals surface area (Å²) >= 11 is 12.2. The van der Waals surface area contributed by atoms with Gasteiger partial charge in [0.25, 0.3) is 11.6 Å². The van der Waals surface area contributed by atoms with Crippen LogP contribution in [0.4, 0.5) is 11.4 Å². The molecule has 0 unspecified atom stereocenters. The van der Waals surface area contributed by atoms with Crippen LogP contribution in [0.15, 0.2) is 54.6 Å². The van der Waals surface area contributed by atoms with E-state index in [1.165, 1.54) is 12.1 Å². The average molecular weight is 443 g/mol. The van der Waals surface area contributed by atoms with Crippen molar-refractivity contribution in [1.29, 1.82) is 0 Å². The SMILES string of the molecule is Cc1ccc(N2CCc3cc(Oc4c(Cl)cc([N+](=O)[O-])cc4Cl)ccc3C2=O)cc1. The molecule has 0 saturated heterocycles. The molecule has 8 heteroatoms. The lowest BCUT2D eigenvalue weighted by Crippen LogP contribution is -2.37. The van der Waals surface area contributed by atoms with E-state index in [2.05, 4.69) is 0 Å². The van der Waals surface area contributed by atoms with E-state index in [1.807, 2.05) is 31.2 Å². The first-order chi connectivity index (χ1) is 14.3. The molecule has 1 heterocycles. The Morgan fingerprint density at radius 2 is 1.70 bits per heavy atom. The first-order valence-corrected chi connectivity index (χ1v) is 9.92. The van der Waals surface area contributed by atoms with Gasteiger partial charge < -0.3 is 9.64 Å². The Morgan fingerprint density at radius 1 is 1.03 bits per heavy atom. The van der Waals surface area contributed by atoms with Crippen LogP contribution in [-0.4, -0.2) is 17.4 Å². The molecule has 0 fully saturated rings. The van der Waals surface area contributed by atoms with Crippen LogP contribution in [0, 0.1) is 17.0 Å². The number of fused-ring (bicyclic) bond motifs is 1. The normalized spacial score (nSPS) is 13.2. The number of amides is 1. The fraction of sp³-hybridized carbons (Fsp3) is 0.136. The van der Waals surface area contributed by atoms with Crippen molar-refractivity contribution in [3.05, 3.63) is 91.4 Å². The smallest absolute Gasteiger partial charge is 0.272 e. The van der Waals surface area contributed by atoms with Crippen LogP contribution in [-0.2, 0) is 6.42 Å². The van der Waals surface area contributed by atoms with Crippen molar-refractivity contribution in [3.8, 4) is 11.5 Å². The maximum Gasteiger partial charge on any atom is 0.272 e. The molecule has 0 atom stereocenters. The van der Waals surface area contributed by atoms with Crippen LogP contribution in [0.3, 0.4) is 0 Å². The number of non-ortho nitro benzene ring substituents is 1. The van der Waals surface area contributed by atoms with Crippen molar-refractivity contribution < 1.29 is 14.5 Å². The van der Waals surface area contributed by atoms with Crippen molar-refractivity contribution in [2.45, 2.75) is 13.3 Å². The number of benzene rings is 3. The quantitative estimate of drug-likeness (QED) is 0.355. The average Bonchev–Trinajstić information content (AvgIpc) is 2.71. The van der Waals surface area contributed by atoms with Crippen LogP contribution in [0.1, 0.15) is 21.5 Å². The second kappa shape index (κ2) is 7.97. The Hall–Kier alpha value is -3.09. The summed E-state index contributed by atoms with van der Waals surface area (Å²) in [6.07, 6.45) is 0.661. The maximum absolute atomic E-state index is 13.0. The van der Waals surface area contributed by atoms with Gasteiger partial charge in [0.2, 0.25) is 0 Å². The molecule has 3 aromatic rings. The van der Waals surface area contributed by atoms with Gasteiger partial charge in [0.05, 0.1) is 15.0 Å². The van der Waals surface area contributed by atoms with E-state index in [-0.39, 0.29) is 27.4 Å². The Labute approximate surface area is 182 Å².